The molecular formula is C16H16BrNO2. The second-order valence-electron chi connectivity index (χ2n) is 4.52. The van der Waals surface area contributed by atoms with Gasteiger partial charge in [-0.05, 0) is 49.7 Å². The highest BCUT2D eigenvalue weighted by molar-refractivity contribution is 9.10. The number of ether oxygens (including phenoxy) is 1. The van der Waals surface area contributed by atoms with E-state index in [1.165, 1.54) is 0 Å². The van der Waals surface area contributed by atoms with Crippen molar-refractivity contribution in [2.45, 2.75) is 20.0 Å². The summed E-state index contributed by atoms with van der Waals surface area (Å²) in [5.74, 6) is 0.516. The summed E-state index contributed by atoms with van der Waals surface area (Å²) in [5, 5.41) is 2.87. The quantitative estimate of drug-likeness (QED) is 0.912. The van der Waals surface area contributed by atoms with Gasteiger partial charge in [-0.25, -0.2) is 0 Å². The van der Waals surface area contributed by atoms with E-state index in [4.69, 9.17) is 4.74 Å². The van der Waals surface area contributed by atoms with Gasteiger partial charge >= 0.3 is 0 Å². The number of amides is 1. The number of nitrogens with one attached hydrogen (secondary N) is 1. The predicted molar refractivity (Wildman–Crippen MR) is 84.0 cm³/mol. The number of aryl methyl sites for hydroxylation is 1. The van der Waals surface area contributed by atoms with Gasteiger partial charge in [-0.1, -0.05) is 34.1 Å². The number of hydrogen-bond acceptors (Lipinski definition) is 2. The highest BCUT2D eigenvalue weighted by atomic mass is 79.9. The first-order valence-corrected chi connectivity index (χ1v) is 7.14. The lowest BCUT2D eigenvalue weighted by atomic mass is 10.2. The SMILES string of the molecule is Cc1cc(Br)ccc1NC(=O)[C@H](C)Oc1ccccc1. The molecule has 0 fully saturated rings. The minimum absolute atomic E-state index is 0.167. The first-order valence-electron chi connectivity index (χ1n) is 6.35. The zero-order valence-electron chi connectivity index (χ0n) is 11.4. The van der Waals surface area contributed by atoms with Gasteiger partial charge in [0, 0.05) is 10.2 Å². The highest BCUT2D eigenvalue weighted by Crippen LogP contribution is 2.20. The molecule has 2 rings (SSSR count). The Morgan fingerprint density at radius 2 is 1.90 bits per heavy atom. The molecule has 0 saturated carbocycles. The number of anilines is 1. The number of rotatable bonds is 4. The molecule has 0 saturated heterocycles. The second-order valence-corrected chi connectivity index (χ2v) is 5.44. The fraction of sp³-hybridized carbons (Fsp3) is 0.188. The molecule has 1 amide bonds. The smallest absolute Gasteiger partial charge is 0.265 e. The molecular weight excluding hydrogens is 318 g/mol. The van der Waals surface area contributed by atoms with Crippen molar-refractivity contribution < 1.29 is 9.53 Å². The number of para-hydroxylation sites is 1. The van der Waals surface area contributed by atoms with E-state index in [1.54, 1.807) is 6.92 Å². The average molecular weight is 334 g/mol. The van der Waals surface area contributed by atoms with Gasteiger partial charge in [0.25, 0.3) is 5.91 Å². The van der Waals surface area contributed by atoms with Crippen LogP contribution in [0.4, 0.5) is 5.69 Å². The van der Waals surface area contributed by atoms with Gasteiger partial charge in [0.05, 0.1) is 0 Å². The first-order chi connectivity index (χ1) is 9.56. The van der Waals surface area contributed by atoms with Gasteiger partial charge in [-0.2, -0.15) is 0 Å². The van der Waals surface area contributed by atoms with E-state index in [2.05, 4.69) is 21.2 Å². The average Bonchev–Trinajstić information content (AvgIpc) is 2.43. The summed E-state index contributed by atoms with van der Waals surface area (Å²) in [6.07, 6.45) is -0.555. The van der Waals surface area contributed by atoms with E-state index in [0.717, 1.165) is 15.7 Å². The second kappa shape index (κ2) is 6.57. The fourth-order valence-corrected chi connectivity index (χ4v) is 2.23. The summed E-state index contributed by atoms with van der Waals surface area (Å²) in [7, 11) is 0. The highest BCUT2D eigenvalue weighted by Gasteiger charge is 2.15. The lowest BCUT2D eigenvalue weighted by Gasteiger charge is -2.15. The molecule has 4 heteroatoms. The Morgan fingerprint density at radius 1 is 1.20 bits per heavy atom. The molecule has 104 valence electrons. The van der Waals surface area contributed by atoms with Crippen molar-refractivity contribution in [2.24, 2.45) is 0 Å². The van der Waals surface area contributed by atoms with Gasteiger partial charge < -0.3 is 10.1 Å². The van der Waals surface area contributed by atoms with Gasteiger partial charge in [0.15, 0.2) is 6.10 Å². The third kappa shape index (κ3) is 3.84. The van der Waals surface area contributed by atoms with E-state index in [-0.39, 0.29) is 5.91 Å². The molecule has 0 aliphatic rings. The van der Waals surface area contributed by atoms with Crippen molar-refractivity contribution in [1.29, 1.82) is 0 Å². The maximum Gasteiger partial charge on any atom is 0.265 e. The van der Waals surface area contributed by atoms with Crippen LogP contribution in [0.15, 0.2) is 53.0 Å². The van der Waals surface area contributed by atoms with Crippen LogP contribution in [0.25, 0.3) is 0 Å². The fourth-order valence-electron chi connectivity index (χ4n) is 1.76. The van der Waals surface area contributed by atoms with Crippen molar-refractivity contribution in [1.82, 2.24) is 0 Å². The molecule has 0 heterocycles. The summed E-state index contributed by atoms with van der Waals surface area (Å²) in [4.78, 5) is 12.1. The van der Waals surface area contributed by atoms with Gasteiger partial charge in [-0.3, -0.25) is 4.79 Å². The molecule has 2 aromatic carbocycles. The monoisotopic (exact) mass is 333 g/mol. The van der Waals surface area contributed by atoms with Crippen molar-refractivity contribution in [3.63, 3.8) is 0 Å². The molecule has 0 radical (unpaired) electrons. The zero-order chi connectivity index (χ0) is 14.5. The maximum absolute atomic E-state index is 12.1. The molecule has 0 aliphatic carbocycles. The Kier molecular flexibility index (Phi) is 4.79. The molecule has 3 nitrogen and oxygen atoms in total. The van der Waals surface area contributed by atoms with E-state index in [1.807, 2.05) is 55.5 Å². The van der Waals surface area contributed by atoms with E-state index in [0.29, 0.717) is 5.75 Å². The lowest BCUT2D eigenvalue weighted by molar-refractivity contribution is -0.122. The number of benzene rings is 2. The van der Waals surface area contributed by atoms with E-state index >= 15 is 0 Å². The van der Waals surface area contributed by atoms with Crippen LogP contribution >= 0.6 is 15.9 Å². The number of carbonyl (C=O) groups excluding carboxylic acids is 1. The van der Waals surface area contributed by atoms with Crippen LogP contribution in [0.5, 0.6) is 5.75 Å². The Balaban J connectivity index is 2.01. The molecule has 0 aliphatic heterocycles. The van der Waals surface area contributed by atoms with Crippen LogP contribution in [0.1, 0.15) is 12.5 Å². The van der Waals surface area contributed by atoms with E-state index < -0.39 is 6.10 Å². The largest absolute Gasteiger partial charge is 0.481 e. The Bertz CT molecular complexity index is 599. The molecule has 2 aromatic rings. The van der Waals surface area contributed by atoms with Crippen LogP contribution in [0.2, 0.25) is 0 Å². The lowest BCUT2D eigenvalue weighted by Crippen LogP contribution is -2.30. The van der Waals surface area contributed by atoms with Crippen molar-refractivity contribution in [3.05, 3.63) is 58.6 Å². The Hall–Kier alpha value is -1.81. The summed E-state index contributed by atoms with van der Waals surface area (Å²) in [5.41, 5.74) is 1.79. The van der Waals surface area contributed by atoms with Crippen LogP contribution in [0, 0.1) is 6.92 Å². The number of halogens is 1. The third-order valence-corrected chi connectivity index (χ3v) is 3.36. The maximum atomic E-state index is 12.1. The molecule has 0 aromatic heterocycles. The molecule has 0 unspecified atom stereocenters. The zero-order valence-corrected chi connectivity index (χ0v) is 13.0. The number of hydrogen-bond donors (Lipinski definition) is 1. The predicted octanol–water partition coefficient (Wildman–Crippen LogP) is 4.16. The molecule has 1 atom stereocenters. The van der Waals surface area contributed by atoms with Crippen LogP contribution < -0.4 is 10.1 Å². The molecule has 1 N–H and O–H groups in total. The van der Waals surface area contributed by atoms with Crippen molar-refractivity contribution in [2.75, 3.05) is 5.32 Å². The molecule has 0 spiro atoms. The standard InChI is InChI=1S/C16H16BrNO2/c1-11-10-13(17)8-9-15(11)18-16(19)12(2)20-14-6-4-3-5-7-14/h3-10,12H,1-2H3,(H,18,19)/t12-/m0/s1. The summed E-state index contributed by atoms with van der Waals surface area (Å²) >= 11 is 3.40. The minimum Gasteiger partial charge on any atom is -0.481 e. The van der Waals surface area contributed by atoms with Crippen molar-refractivity contribution >= 4 is 27.5 Å². The van der Waals surface area contributed by atoms with Gasteiger partial charge in [-0.15, -0.1) is 0 Å². The number of carbonyl (C=O) groups is 1. The summed E-state index contributed by atoms with van der Waals surface area (Å²) in [6, 6.07) is 15.0. The third-order valence-electron chi connectivity index (χ3n) is 2.87. The molecule has 0 bridgehead atoms. The normalized spacial score (nSPS) is 11.8. The van der Waals surface area contributed by atoms with Crippen LogP contribution in [0.3, 0.4) is 0 Å². The summed E-state index contributed by atoms with van der Waals surface area (Å²) < 4.78 is 6.58. The van der Waals surface area contributed by atoms with E-state index in [9.17, 15) is 4.79 Å². The molecule has 20 heavy (non-hydrogen) atoms. The topological polar surface area (TPSA) is 38.3 Å². The minimum atomic E-state index is -0.555. The van der Waals surface area contributed by atoms with Crippen LogP contribution in [-0.2, 0) is 4.79 Å². The summed E-state index contributed by atoms with van der Waals surface area (Å²) in [6.45, 7) is 3.68. The Labute approximate surface area is 127 Å². The first kappa shape index (κ1) is 14.6. The van der Waals surface area contributed by atoms with Gasteiger partial charge in [0.1, 0.15) is 5.75 Å². The van der Waals surface area contributed by atoms with Crippen LogP contribution in [-0.4, -0.2) is 12.0 Å². The Morgan fingerprint density at radius 3 is 2.55 bits per heavy atom. The van der Waals surface area contributed by atoms with Crippen molar-refractivity contribution in [3.8, 4) is 5.75 Å². The van der Waals surface area contributed by atoms with Gasteiger partial charge in [0.2, 0.25) is 0 Å².